The zero-order valence-electron chi connectivity index (χ0n) is 5.91. The molecule has 1 heterocycles. The molecular formula is C6H6ClN3S. The summed E-state index contributed by atoms with van der Waals surface area (Å²) in [4.78, 5) is 0. The molecule has 0 amide bonds. The average Bonchev–Trinajstić information content (AvgIpc) is 2.39. The first-order valence-corrected chi connectivity index (χ1v) is 4.38. The predicted molar refractivity (Wildman–Crippen MR) is 43.7 cm³/mol. The number of aryl methyl sites for hydroxylation is 1. The monoisotopic (exact) mass is 187 g/mol. The lowest BCUT2D eigenvalue weighted by molar-refractivity contribution is 0.905. The summed E-state index contributed by atoms with van der Waals surface area (Å²) < 4.78 is 0. The van der Waals surface area contributed by atoms with E-state index in [1.807, 2.05) is 6.92 Å². The van der Waals surface area contributed by atoms with Gasteiger partial charge in [-0.2, -0.15) is 5.26 Å². The molecule has 0 N–H and O–H groups in total. The fourth-order valence-corrected chi connectivity index (χ4v) is 1.66. The first-order chi connectivity index (χ1) is 5.27. The molecule has 0 saturated heterocycles. The first-order valence-electron chi connectivity index (χ1n) is 3.03. The molecule has 0 aliphatic rings. The molecule has 1 aromatic heterocycles. The molecule has 0 saturated carbocycles. The molecule has 1 rings (SSSR count). The molecule has 11 heavy (non-hydrogen) atoms. The number of hydrogen-bond donors (Lipinski definition) is 0. The second-order valence-electron chi connectivity index (χ2n) is 2.00. The van der Waals surface area contributed by atoms with Gasteiger partial charge in [-0.05, 0) is 6.92 Å². The van der Waals surface area contributed by atoms with Crippen LogP contribution in [0.1, 0.15) is 15.9 Å². The zero-order valence-corrected chi connectivity index (χ0v) is 7.48. The normalized spacial score (nSPS) is 12.5. The molecule has 5 heteroatoms. The van der Waals surface area contributed by atoms with E-state index in [1.165, 1.54) is 11.3 Å². The van der Waals surface area contributed by atoms with Crippen molar-refractivity contribution >= 4 is 22.9 Å². The van der Waals surface area contributed by atoms with Crippen molar-refractivity contribution in [3.8, 4) is 6.07 Å². The SMILES string of the molecule is Cc1nnc(C(C#N)CCl)s1. The number of alkyl halides is 1. The van der Waals surface area contributed by atoms with Gasteiger partial charge < -0.3 is 0 Å². The molecule has 0 aromatic carbocycles. The van der Waals surface area contributed by atoms with Crippen LogP contribution in [-0.2, 0) is 0 Å². The van der Waals surface area contributed by atoms with Gasteiger partial charge in [0.25, 0.3) is 0 Å². The van der Waals surface area contributed by atoms with Crippen LogP contribution in [0.4, 0.5) is 0 Å². The van der Waals surface area contributed by atoms with Crippen molar-refractivity contribution in [1.29, 1.82) is 5.26 Å². The highest BCUT2D eigenvalue weighted by Gasteiger charge is 2.13. The molecule has 0 aliphatic carbocycles. The van der Waals surface area contributed by atoms with Gasteiger partial charge in [0.2, 0.25) is 0 Å². The quantitative estimate of drug-likeness (QED) is 0.663. The van der Waals surface area contributed by atoms with Crippen LogP contribution < -0.4 is 0 Å². The minimum atomic E-state index is -0.303. The standard InChI is InChI=1S/C6H6ClN3S/c1-4-9-10-6(11-4)5(2-7)3-8/h5H,2H2,1H3. The molecular weight excluding hydrogens is 182 g/mol. The van der Waals surface area contributed by atoms with E-state index in [1.54, 1.807) is 0 Å². The molecule has 0 spiro atoms. The van der Waals surface area contributed by atoms with Crippen LogP contribution in [-0.4, -0.2) is 16.1 Å². The lowest BCUT2D eigenvalue weighted by Gasteiger charge is -1.94. The van der Waals surface area contributed by atoms with Crippen LogP contribution in [0.25, 0.3) is 0 Å². The minimum Gasteiger partial charge on any atom is -0.198 e. The molecule has 0 fully saturated rings. The van der Waals surface area contributed by atoms with Crippen LogP contribution >= 0.6 is 22.9 Å². The Hall–Kier alpha value is -0.660. The van der Waals surface area contributed by atoms with E-state index in [2.05, 4.69) is 16.3 Å². The lowest BCUT2D eigenvalue weighted by Crippen LogP contribution is -1.95. The molecule has 0 aliphatic heterocycles. The molecule has 58 valence electrons. The first kappa shape index (κ1) is 8.44. The Balaban J connectivity index is 2.84. The van der Waals surface area contributed by atoms with E-state index < -0.39 is 0 Å². The maximum absolute atomic E-state index is 8.59. The fraction of sp³-hybridized carbons (Fsp3) is 0.500. The van der Waals surface area contributed by atoms with E-state index in [0.717, 1.165) is 5.01 Å². The van der Waals surface area contributed by atoms with E-state index >= 15 is 0 Å². The molecule has 1 unspecified atom stereocenters. The average molecular weight is 188 g/mol. The summed E-state index contributed by atoms with van der Waals surface area (Å²) in [6, 6.07) is 2.06. The third kappa shape index (κ3) is 1.88. The summed E-state index contributed by atoms with van der Waals surface area (Å²) in [5, 5.41) is 17.8. The Labute approximate surface area is 73.6 Å². The van der Waals surface area contributed by atoms with Gasteiger partial charge in [-0.25, -0.2) is 0 Å². The van der Waals surface area contributed by atoms with Crippen LogP contribution in [0.15, 0.2) is 0 Å². The van der Waals surface area contributed by atoms with Crippen LogP contribution in [0.2, 0.25) is 0 Å². The van der Waals surface area contributed by atoms with Gasteiger partial charge in [0, 0.05) is 5.88 Å². The van der Waals surface area contributed by atoms with Crippen molar-refractivity contribution in [1.82, 2.24) is 10.2 Å². The highest BCUT2D eigenvalue weighted by molar-refractivity contribution is 7.11. The number of nitriles is 1. The Kier molecular flexibility index (Phi) is 2.80. The lowest BCUT2D eigenvalue weighted by atomic mass is 10.2. The van der Waals surface area contributed by atoms with Gasteiger partial charge in [0.15, 0.2) is 0 Å². The largest absolute Gasteiger partial charge is 0.198 e. The maximum atomic E-state index is 8.59. The summed E-state index contributed by atoms with van der Waals surface area (Å²) in [6.07, 6.45) is 0. The third-order valence-electron chi connectivity index (χ3n) is 1.15. The van der Waals surface area contributed by atoms with Gasteiger partial charge in [0.05, 0.1) is 6.07 Å². The van der Waals surface area contributed by atoms with Gasteiger partial charge in [0.1, 0.15) is 15.9 Å². The van der Waals surface area contributed by atoms with E-state index in [-0.39, 0.29) is 11.8 Å². The highest BCUT2D eigenvalue weighted by Crippen LogP contribution is 2.19. The van der Waals surface area contributed by atoms with Gasteiger partial charge in [-0.15, -0.1) is 33.1 Å². The molecule has 0 bridgehead atoms. The van der Waals surface area contributed by atoms with Crippen molar-refractivity contribution in [2.75, 3.05) is 5.88 Å². The number of nitrogens with zero attached hydrogens (tertiary/aromatic N) is 3. The Morgan fingerprint density at radius 2 is 2.45 bits per heavy atom. The van der Waals surface area contributed by atoms with Gasteiger partial charge in [-0.3, -0.25) is 0 Å². The molecule has 0 radical (unpaired) electrons. The van der Waals surface area contributed by atoms with Crippen molar-refractivity contribution in [2.24, 2.45) is 0 Å². The Morgan fingerprint density at radius 1 is 1.73 bits per heavy atom. The van der Waals surface area contributed by atoms with Crippen molar-refractivity contribution in [2.45, 2.75) is 12.8 Å². The summed E-state index contributed by atoms with van der Waals surface area (Å²) >= 11 is 6.94. The number of aromatic nitrogens is 2. The molecule has 1 atom stereocenters. The van der Waals surface area contributed by atoms with E-state index in [9.17, 15) is 0 Å². The Morgan fingerprint density at radius 3 is 2.82 bits per heavy atom. The Bertz CT molecular complexity index is 278. The summed E-state index contributed by atoms with van der Waals surface area (Å²) in [5.74, 6) is -0.0200. The molecule has 3 nitrogen and oxygen atoms in total. The predicted octanol–water partition coefficient (Wildman–Crippen LogP) is 1.69. The van der Waals surface area contributed by atoms with Crippen LogP contribution in [0.3, 0.4) is 0 Å². The van der Waals surface area contributed by atoms with Crippen LogP contribution in [0, 0.1) is 18.3 Å². The third-order valence-corrected chi connectivity index (χ3v) is 2.41. The van der Waals surface area contributed by atoms with Crippen molar-refractivity contribution < 1.29 is 0 Å². The fourth-order valence-electron chi connectivity index (χ4n) is 0.608. The molecule has 1 aromatic rings. The van der Waals surface area contributed by atoms with Crippen molar-refractivity contribution in [3.05, 3.63) is 10.0 Å². The van der Waals surface area contributed by atoms with E-state index in [0.29, 0.717) is 5.01 Å². The number of hydrogen-bond acceptors (Lipinski definition) is 4. The summed E-state index contributed by atoms with van der Waals surface area (Å²) in [7, 11) is 0. The smallest absolute Gasteiger partial charge is 0.135 e. The van der Waals surface area contributed by atoms with Crippen molar-refractivity contribution in [3.63, 3.8) is 0 Å². The van der Waals surface area contributed by atoms with Gasteiger partial charge in [-0.1, -0.05) is 0 Å². The maximum Gasteiger partial charge on any atom is 0.135 e. The topological polar surface area (TPSA) is 49.6 Å². The highest BCUT2D eigenvalue weighted by atomic mass is 35.5. The summed E-state index contributed by atoms with van der Waals surface area (Å²) in [5.41, 5.74) is 0. The summed E-state index contributed by atoms with van der Waals surface area (Å²) in [6.45, 7) is 1.85. The zero-order chi connectivity index (χ0) is 8.27. The second kappa shape index (κ2) is 3.65. The number of halogens is 1. The van der Waals surface area contributed by atoms with E-state index in [4.69, 9.17) is 16.9 Å². The van der Waals surface area contributed by atoms with Crippen LogP contribution in [0.5, 0.6) is 0 Å². The minimum absolute atomic E-state index is 0.283. The second-order valence-corrected chi connectivity index (χ2v) is 3.52. The van der Waals surface area contributed by atoms with Gasteiger partial charge >= 0.3 is 0 Å². The number of rotatable bonds is 2.